The van der Waals surface area contributed by atoms with Crippen molar-refractivity contribution in [2.75, 3.05) is 4.72 Å². The zero-order valence-corrected chi connectivity index (χ0v) is 15.2. The van der Waals surface area contributed by atoms with Crippen molar-refractivity contribution in [3.63, 3.8) is 0 Å². The third-order valence-corrected chi connectivity index (χ3v) is 5.81. The summed E-state index contributed by atoms with van der Waals surface area (Å²) < 4.78 is 28.3. The van der Waals surface area contributed by atoms with Crippen molar-refractivity contribution >= 4 is 59.2 Å². The van der Waals surface area contributed by atoms with Crippen LogP contribution in [0, 0.1) is 0 Å². The summed E-state index contributed by atoms with van der Waals surface area (Å²) in [6.07, 6.45) is 0. The highest BCUT2D eigenvalue weighted by atomic mass is 79.9. The third kappa shape index (κ3) is 3.98. The van der Waals surface area contributed by atoms with Gasteiger partial charge in [-0.3, -0.25) is 4.72 Å². The number of rotatable bonds is 4. The summed E-state index contributed by atoms with van der Waals surface area (Å²) in [7, 11) is -3.79. The van der Waals surface area contributed by atoms with Gasteiger partial charge in [0.15, 0.2) is 0 Å². The largest absolute Gasteiger partial charge is 0.392 e. The van der Waals surface area contributed by atoms with Crippen molar-refractivity contribution in [1.82, 2.24) is 0 Å². The first-order valence-corrected chi connectivity index (χ1v) is 9.15. The lowest BCUT2D eigenvalue weighted by Gasteiger charge is -2.12. The molecule has 2 aromatic rings. The SMILES string of the molecule is O=S(=O)(Nc1cc(Br)ccc1Cl)c1ccc(CO)cc1Br. The van der Waals surface area contributed by atoms with Crippen molar-refractivity contribution in [2.45, 2.75) is 11.5 Å². The fourth-order valence-electron chi connectivity index (χ4n) is 1.64. The quantitative estimate of drug-likeness (QED) is 0.728. The monoisotopic (exact) mass is 453 g/mol. The van der Waals surface area contributed by atoms with Gasteiger partial charge in [-0.15, -0.1) is 0 Å². The average Bonchev–Trinajstić information content (AvgIpc) is 2.42. The third-order valence-electron chi connectivity index (χ3n) is 2.64. The second kappa shape index (κ2) is 6.66. The Balaban J connectivity index is 2.41. The smallest absolute Gasteiger partial charge is 0.263 e. The van der Waals surface area contributed by atoms with Crippen molar-refractivity contribution in [3.05, 3.63) is 55.9 Å². The average molecular weight is 456 g/mol. The molecule has 2 rings (SSSR count). The van der Waals surface area contributed by atoms with Gasteiger partial charge in [0, 0.05) is 8.95 Å². The van der Waals surface area contributed by atoms with E-state index < -0.39 is 10.0 Å². The summed E-state index contributed by atoms with van der Waals surface area (Å²) in [5.41, 5.74) is 0.894. The van der Waals surface area contributed by atoms with Crippen LogP contribution < -0.4 is 4.72 Å². The molecular weight excluding hydrogens is 445 g/mol. The normalized spacial score (nSPS) is 11.4. The summed E-state index contributed by atoms with van der Waals surface area (Å²) in [6, 6.07) is 9.40. The van der Waals surface area contributed by atoms with Crippen molar-refractivity contribution in [3.8, 4) is 0 Å². The highest BCUT2D eigenvalue weighted by Gasteiger charge is 2.19. The molecule has 0 amide bonds. The molecule has 0 saturated heterocycles. The molecule has 4 nitrogen and oxygen atoms in total. The Kier molecular flexibility index (Phi) is 5.32. The lowest BCUT2D eigenvalue weighted by atomic mass is 10.2. The zero-order chi connectivity index (χ0) is 15.6. The molecule has 2 N–H and O–H groups in total. The number of hydrogen-bond acceptors (Lipinski definition) is 3. The van der Waals surface area contributed by atoms with Crippen molar-refractivity contribution in [2.24, 2.45) is 0 Å². The van der Waals surface area contributed by atoms with Crippen LogP contribution in [0.2, 0.25) is 5.02 Å². The molecule has 0 aliphatic heterocycles. The molecule has 0 aromatic heterocycles. The summed E-state index contributed by atoms with van der Waals surface area (Å²) in [6.45, 7) is -0.163. The summed E-state index contributed by atoms with van der Waals surface area (Å²) >= 11 is 12.4. The molecule has 2 aromatic carbocycles. The molecule has 112 valence electrons. The highest BCUT2D eigenvalue weighted by molar-refractivity contribution is 9.10. The van der Waals surface area contributed by atoms with Gasteiger partial charge in [0.1, 0.15) is 4.90 Å². The summed E-state index contributed by atoms with van der Waals surface area (Å²) in [5.74, 6) is 0. The molecule has 0 atom stereocenters. The number of nitrogens with one attached hydrogen (secondary N) is 1. The fraction of sp³-hybridized carbons (Fsp3) is 0.0769. The minimum Gasteiger partial charge on any atom is -0.392 e. The summed E-state index contributed by atoms with van der Waals surface area (Å²) in [4.78, 5) is 0.0655. The molecule has 0 aliphatic carbocycles. The predicted molar refractivity (Wildman–Crippen MR) is 90.0 cm³/mol. The Morgan fingerprint density at radius 2 is 1.86 bits per heavy atom. The van der Waals surface area contributed by atoms with Crippen LogP contribution in [0.5, 0.6) is 0 Å². The highest BCUT2D eigenvalue weighted by Crippen LogP contribution is 2.30. The van der Waals surface area contributed by atoms with Gasteiger partial charge in [-0.05, 0) is 51.8 Å². The molecule has 0 saturated carbocycles. The molecule has 21 heavy (non-hydrogen) atoms. The van der Waals surface area contributed by atoms with Crippen molar-refractivity contribution in [1.29, 1.82) is 0 Å². The molecule has 0 fully saturated rings. The summed E-state index contributed by atoms with van der Waals surface area (Å²) in [5, 5.41) is 9.35. The number of sulfonamides is 1. The van der Waals surface area contributed by atoms with Gasteiger partial charge in [0.2, 0.25) is 0 Å². The Bertz CT molecular complexity index is 781. The number of halogens is 3. The van der Waals surface area contributed by atoms with Crippen LogP contribution in [0.15, 0.2) is 50.2 Å². The molecular formula is C13H10Br2ClNO3S. The van der Waals surface area contributed by atoms with Gasteiger partial charge in [0.05, 0.1) is 17.3 Å². The number of anilines is 1. The maximum absolute atomic E-state index is 12.4. The van der Waals surface area contributed by atoms with Crippen LogP contribution >= 0.6 is 43.5 Å². The van der Waals surface area contributed by atoms with E-state index in [0.29, 0.717) is 19.5 Å². The maximum atomic E-state index is 12.4. The second-order valence-corrected chi connectivity index (χ2v) is 7.98. The Labute approximate surface area is 144 Å². The topological polar surface area (TPSA) is 66.4 Å². The van der Waals surface area contributed by atoms with E-state index >= 15 is 0 Å². The van der Waals surface area contributed by atoms with Gasteiger partial charge < -0.3 is 5.11 Å². The Hall–Kier alpha value is -0.600. The lowest BCUT2D eigenvalue weighted by molar-refractivity contribution is 0.281. The number of aliphatic hydroxyl groups is 1. The first kappa shape index (κ1) is 16.8. The molecule has 0 radical (unpaired) electrons. The van der Waals surface area contributed by atoms with Crippen LogP contribution in [0.1, 0.15) is 5.56 Å². The standard InChI is InChI=1S/C13H10Br2ClNO3S/c14-9-2-3-11(16)12(6-9)17-21(19,20)13-4-1-8(7-18)5-10(13)15/h1-6,17-18H,7H2. The molecule has 0 aliphatic rings. The van der Waals surface area contributed by atoms with Gasteiger partial charge in [-0.1, -0.05) is 33.6 Å². The first-order valence-electron chi connectivity index (χ1n) is 5.70. The Morgan fingerprint density at radius 3 is 2.48 bits per heavy atom. The van der Waals surface area contributed by atoms with Crippen LogP contribution in [0.3, 0.4) is 0 Å². The minimum atomic E-state index is -3.79. The van der Waals surface area contributed by atoms with E-state index in [9.17, 15) is 8.42 Å². The lowest BCUT2D eigenvalue weighted by Crippen LogP contribution is -2.14. The molecule has 0 unspecified atom stereocenters. The van der Waals surface area contributed by atoms with E-state index in [-0.39, 0.29) is 17.2 Å². The van der Waals surface area contributed by atoms with Gasteiger partial charge in [-0.25, -0.2) is 8.42 Å². The second-order valence-electron chi connectivity index (χ2n) is 4.15. The van der Waals surface area contributed by atoms with E-state index in [4.69, 9.17) is 16.7 Å². The zero-order valence-electron chi connectivity index (χ0n) is 10.5. The van der Waals surface area contributed by atoms with E-state index in [2.05, 4.69) is 36.6 Å². The van der Waals surface area contributed by atoms with E-state index in [0.717, 1.165) is 0 Å². The Morgan fingerprint density at radius 1 is 1.14 bits per heavy atom. The van der Waals surface area contributed by atoms with Gasteiger partial charge in [0.25, 0.3) is 10.0 Å². The van der Waals surface area contributed by atoms with Crippen LogP contribution in [-0.2, 0) is 16.6 Å². The molecule has 0 spiro atoms. The fourth-order valence-corrected chi connectivity index (χ4v) is 4.41. The van der Waals surface area contributed by atoms with E-state index in [1.54, 1.807) is 30.3 Å². The number of benzene rings is 2. The van der Waals surface area contributed by atoms with E-state index in [1.807, 2.05) is 0 Å². The van der Waals surface area contributed by atoms with E-state index in [1.165, 1.54) is 6.07 Å². The van der Waals surface area contributed by atoms with Gasteiger partial charge in [-0.2, -0.15) is 0 Å². The van der Waals surface area contributed by atoms with Crippen LogP contribution in [-0.4, -0.2) is 13.5 Å². The predicted octanol–water partition coefficient (Wildman–Crippen LogP) is 4.16. The van der Waals surface area contributed by atoms with Crippen molar-refractivity contribution < 1.29 is 13.5 Å². The van der Waals surface area contributed by atoms with Crippen LogP contribution in [0.4, 0.5) is 5.69 Å². The molecule has 0 bridgehead atoms. The molecule has 0 heterocycles. The number of aliphatic hydroxyl groups excluding tert-OH is 1. The first-order chi connectivity index (χ1) is 9.83. The number of hydrogen-bond donors (Lipinski definition) is 2. The minimum absolute atomic E-state index is 0.0655. The van der Waals surface area contributed by atoms with Crippen LogP contribution in [0.25, 0.3) is 0 Å². The molecule has 8 heteroatoms. The maximum Gasteiger partial charge on any atom is 0.263 e. The van der Waals surface area contributed by atoms with Gasteiger partial charge >= 0.3 is 0 Å².